The van der Waals surface area contributed by atoms with E-state index in [4.69, 9.17) is 10.2 Å². The van der Waals surface area contributed by atoms with Crippen LogP contribution in [0.5, 0.6) is 0 Å². The van der Waals surface area contributed by atoms with Gasteiger partial charge in [0.05, 0.1) is 0 Å². The summed E-state index contributed by atoms with van der Waals surface area (Å²) < 4.78 is 5.45. The van der Waals surface area contributed by atoms with Crippen LogP contribution in [0.25, 0.3) is 16.9 Å². The van der Waals surface area contributed by atoms with Gasteiger partial charge in [-0.05, 0) is 26.1 Å². The first-order valence-corrected chi connectivity index (χ1v) is 14.6. The van der Waals surface area contributed by atoms with Gasteiger partial charge in [-0.2, -0.15) is 30.2 Å². The molecule has 0 aliphatic heterocycles. The first kappa shape index (κ1) is 39.0. The molecule has 0 amide bonds. The van der Waals surface area contributed by atoms with Crippen LogP contribution in [0.1, 0.15) is 43.9 Å². The van der Waals surface area contributed by atoms with Crippen molar-refractivity contribution < 1.29 is 24.4 Å². The Bertz CT molecular complexity index is 737. The molecule has 1 N–H and O–H groups in total. The molecule has 1 aliphatic carbocycles. The van der Waals surface area contributed by atoms with Crippen molar-refractivity contribution in [2.45, 2.75) is 65.7 Å². The third-order valence-electron chi connectivity index (χ3n) is 3.53. The van der Waals surface area contributed by atoms with E-state index >= 15 is 0 Å². The molecule has 0 atom stereocenters. The summed E-state index contributed by atoms with van der Waals surface area (Å²) in [6.45, 7) is 18.7. The van der Waals surface area contributed by atoms with Gasteiger partial charge in [0.1, 0.15) is 0 Å². The average Bonchev–Trinajstić information content (AvgIpc) is 2.97. The number of aryl methyl sites for hydroxylation is 1. The Morgan fingerprint density at radius 3 is 2.00 bits per heavy atom. The molecule has 0 fully saturated rings. The van der Waals surface area contributed by atoms with Crippen LogP contribution in [0.2, 0.25) is 19.6 Å². The summed E-state index contributed by atoms with van der Waals surface area (Å²) in [5, 5.41) is 0. The Labute approximate surface area is 224 Å². The van der Waals surface area contributed by atoms with Gasteiger partial charge >= 0.3 is 24.8 Å². The summed E-state index contributed by atoms with van der Waals surface area (Å²) in [7, 11) is -1.22. The maximum absolute atomic E-state index is 6.94. The fourth-order valence-corrected chi connectivity index (χ4v) is 3.31. The number of benzene rings is 2. The van der Waals surface area contributed by atoms with Crippen molar-refractivity contribution in [2.24, 2.45) is 0 Å². The van der Waals surface area contributed by atoms with Gasteiger partial charge in [0.15, 0.2) is 8.32 Å². The van der Waals surface area contributed by atoms with Crippen molar-refractivity contribution in [3.63, 3.8) is 0 Å². The number of rotatable bonds is 3. The summed E-state index contributed by atoms with van der Waals surface area (Å²) in [5.41, 5.74) is 13.5. The molecule has 6 heteroatoms. The van der Waals surface area contributed by atoms with Crippen molar-refractivity contribution >= 4 is 37.9 Å². The fraction of sp³-hybridized carbons (Fsp3) is 0.423. The second-order valence-corrected chi connectivity index (χ2v) is 13.4. The van der Waals surface area contributed by atoms with Crippen LogP contribution in [-0.4, -0.2) is 25.3 Å². The number of halogens is 2. The van der Waals surface area contributed by atoms with Crippen LogP contribution in [0, 0.1) is 27.3 Å². The first-order valence-electron chi connectivity index (χ1n) is 10.0. The molecule has 0 saturated heterocycles. The van der Waals surface area contributed by atoms with Gasteiger partial charge < -0.3 is 24.5 Å². The summed E-state index contributed by atoms with van der Waals surface area (Å²) in [5.74, 6) is 0. The molecular formula is C26H43Cl2NOSiTi-4. The minimum absolute atomic E-state index is 0. The van der Waals surface area contributed by atoms with Gasteiger partial charge in [-0.15, -0.1) is 41.5 Å². The molecule has 0 bridgehead atoms. The molecule has 32 heavy (non-hydrogen) atoms. The minimum atomic E-state index is -1.22. The van der Waals surface area contributed by atoms with E-state index in [9.17, 15) is 0 Å². The molecule has 0 heterocycles. The molecule has 2 aromatic rings. The van der Waals surface area contributed by atoms with Crippen molar-refractivity contribution in [1.82, 2.24) is 0 Å². The number of hydrogen-bond donors (Lipinski definition) is 0. The maximum atomic E-state index is 6.94. The molecule has 2 aromatic carbocycles. The van der Waals surface area contributed by atoms with Crippen molar-refractivity contribution in [2.75, 3.05) is 6.61 Å². The van der Waals surface area contributed by atoms with Crippen molar-refractivity contribution in [3.05, 3.63) is 79.2 Å². The van der Waals surface area contributed by atoms with E-state index in [0.717, 1.165) is 19.4 Å². The largest absolute Gasteiger partial charge is 0.358 e. The molecule has 3 rings (SSSR count). The zero-order valence-electron chi connectivity index (χ0n) is 21.2. The van der Waals surface area contributed by atoms with Crippen LogP contribution in [-0.2, 0) is 30.8 Å². The van der Waals surface area contributed by atoms with E-state index in [1.807, 2.05) is 20.8 Å². The smallest absolute Gasteiger partial charge is 0.358 e. The minimum Gasteiger partial charge on any atom is -0.358 e. The molecule has 184 valence electrons. The molecule has 0 saturated carbocycles. The third kappa shape index (κ3) is 18.2. The van der Waals surface area contributed by atoms with Crippen LogP contribution < -0.4 is 0 Å². The second-order valence-electron chi connectivity index (χ2n) is 8.93. The van der Waals surface area contributed by atoms with Gasteiger partial charge in [0, 0.05) is 6.61 Å². The molecule has 0 radical (unpaired) electrons. The van der Waals surface area contributed by atoms with E-state index in [1.54, 1.807) is 20.0 Å². The normalized spacial score (nSPS) is 10.4. The molecule has 0 spiro atoms. The Kier molecular flexibility index (Phi) is 23.3. The zero-order chi connectivity index (χ0) is 22.7. The number of fused-ring (bicyclic) bond motifs is 3. The predicted octanol–water partition coefficient (Wildman–Crippen LogP) is 8.52. The van der Waals surface area contributed by atoms with Gasteiger partial charge in [-0.3, -0.25) is 0 Å². The Hall–Kier alpha value is -0.259. The third-order valence-corrected chi connectivity index (χ3v) is 4.60. The fourth-order valence-electron chi connectivity index (χ4n) is 2.55. The van der Waals surface area contributed by atoms with E-state index in [1.165, 1.54) is 27.8 Å². The van der Waals surface area contributed by atoms with Crippen molar-refractivity contribution in [1.29, 1.82) is 0 Å². The van der Waals surface area contributed by atoms with E-state index < -0.39 is 8.32 Å². The molecule has 0 unspecified atom stereocenters. The monoisotopic (exact) mass is 531 g/mol. The molecule has 2 nitrogen and oxygen atoms in total. The average molecular weight is 532 g/mol. The molecular weight excluding hydrogens is 489 g/mol. The van der Waals surface area contributed by atoms with Gasteiger partial charge in [-0.1, -0.05) is 63.1 Å². The van der Waals surface area contributed by atoms with Gasteiger partial charge in [0.25, 0.3) is 0 Å². The van der Waals surface area contributed by atoms with Crippen LogP contribution in [0.4, 0.5) is 0 Å². The zero-order valence-corrected chi connectivity index (χ0v) is 25.4. The Morgan fingerprint density at radius 2 is 1.56 bits per heavy atom. The Morgan fingerprint density at radius 1 is 1.06 bits per heavy atom. The topological polar surface area (TPSA) is 33.0 Å². The Balaban J connectivity index is -0.000000191. The standard InChI is InChI=1S/C14H11.C6H15OSi.C4H10N.CH3.CH2.2ClH.Ti/c1-10-6-7-14-12(8-10)9-11-4-2-3-5-13(11)14;1-5-6-7-8(2,3)4;1-4(2,3)5;;;;;/h2-7H,9H2,1H3;1,5-6H2,2-4H3;5H,1-3H3;1H3;1H2;2*1H;/q4*-1;;;;. The van der Waals surface area contributed by atoms with Crippen LogP contribution in [0.15, 0.2) is 36.4 Å². The van der Waals surface area contributed by atoms with Gasteiger partial charge in [0.2, 0.25) is 0 Å². The number of hydrogen-bond acceptors (Lipinski definition) is 1. The second kappa shape index (κ2) is 19.1. The predicted molar refractivity (Wildman–Crippen MR) is 150 cm³/mol. The van der Waals surface area contributed by atoms with E-state index in [0.29, 0.717) is 0 Å². The first-order chi connectivity index (χ1) is 13.4. The van der Waals surface area contributed by atoms with Crippen LogP contribution >= 0.6 is 24.8 Å². The quantitative estimate of drug-likeness (QED) is 0.246. The van der Waals surface area contributed by atoms with Crippen LogP contribution in [0.3, 0.4) is 0 Å². The molecule has 1 aliphatic rings. The summed E-state index contributed by atoms with van der Waals surface area (Å²) in [6, 6.07) is 16.4. The summed E-state index contributed by atoms with van der Waals surface area (Å²) in [6.07, 6.45) is 1.94. The molecule has 0 aromatic heterocycles. The van der Waals surface area contributed by atoms with E-state index in [2.05, 4.69) is 80.8 Å². The number of nitrogens with one attached hydrogen (secondary N) is 1. The van der Waals surface area contributed by atoms with Crippen molar-refractivity contribution in [3.8, 4) is 11.1 Å². The van der Waals surface area contributed by atoms with Gasteiger partial charge in [-0.25, -0.2) is 0 Å². The summed E-state index contributed by atoms with van der Waals surface area (Å²) >= 11 is 1.75. The van der Waals surface area contributed by atoms with E-state index in [-0.39, 0.29) is 37.8 Å². The maximum Gasteiger partial charge on any atom is -0.358 e. The summed E-state index contributed by atoms with van der Waals surface area (Å²) in [4.78, 5) is 3.25. The SMILES string of the molecule is CC(C)(C)[NH-].Cc1[c-]c2c(cc1)-c1ccccc1C2.Cl.Cl.[CH2-]CCO[Si](C)(C)C.[CH2]=[Ti].[CH3-].